The molecule has 0 unspecified atom stereocenters. The lowest BCUT2D eigenvalue weighted by Crippen LogP contribution is -2.46. The van der Waals surface area contributed by atoms with Crippen LogP contribution >= 0.6 is 0 Å². The van der Waals surface area contributed by atoms with Gasteiger partial charge in [0, 0.05) is 19.3 Å². The highest BCUT2D eigenvalue weighted by Gasteiger charge is 2.24. The number of carbonyl (C=O) groups is 1. The Morgan fingerprint density at radius 3 is 2.73 bits per heavy atom. The fourth-order valence-electron chi connectivity index (χ4n) is 3.18. The molecule has 0 spiro atoms. The first-order valence-corrected chi connectivity index (χ1v) is 8.57. The maximum absolute atomic E-state index is 12.6. The SMILES string of the molecule is C[C@@H]1CN(c2ccc3ncc(C(=O)Nc4cccnc4)n3n2)C[C@H](C)O1. The van der Waals surface area contributed by atoms with Gasteiger partial charge in [0.2, 0.25) is 0 Å². The quantitative estimate of drug-likeness (QED) is 0.776. The molecule has 1 aliphatic heterocycles. The summed E-state index contributed by atoms with van der Waals surface area (Å²) < 4.78 is 7.36. The fraction of sp³-hybridized carbons (Fsp3) is 0.333. The number of hydrogen-bond donors (Lipinski definition) is 1. The summed E-state index contributed by atoms with van der Waals surface area (Å²) in [6.45, 7) is 5.61. The molecule has 0 saturated carbocycles. The van der Waals surface area contributed by atoms with Gasteiger partial charge in [-0.1, -0.05) is 0 Å². The van der Waals surface area contributed by atoms with Crippen molar-refractivity contribution in [1.82, 2.24) is 19.6 Å². The van der Waals surface area contributed by atoms with Crippen molar-refractivity contribution in [2.75, 3.05) is 23.3 Å². The molecule has 1 amide bonds. The van der Waals surface area contributed by atoms with Crippen molar-refractivity contribution >= 4 is 23.1 Å². The molecule has 1 N–H and O–H groups in total. The monoisotopic (exact) mass is 352 g/mol. The Labute approximate surface area is 150 Å². The van der Waals surface area contributed by atoms with Crippen molar-refractivity contribution in [2.24, 2.45) is 0 Å². The lowest BCUT2D eigenvalue weighted by molar-refractivity contribution is -0.00552. The topological polar surface area (TPSA) is 84.7 Å². The predicted molar refractivity (Wildman–Crippen MR) is 97.4 cm³/mol. The number of amides is 1. The maximum Gasteiger partial charge on any atom is 0.276 e. The third-order valence-electron chi connectivity index (χ3n) is 4.24. The van der Waals surface area contributed by atoms with Crippen molar-refractivity contribution in [2.45, 2.75) is 26.1 Å². The molecule has 0 aromatic carbocycles. The second-order valence-corrected chi connectivity index (χ2v) is 6.46. The van der Waals surface area contributed by atoms with Gasteiger partial charge < -0.3 is 15.0 Å². The molecule has 3 aromatic rings. The van der Waals surface area contributed by atoms with Crippen molar-refractivity contribution in [3.05, 3.63) is 48.5 Å². The molecule has 2 atom stereocenters. The summed E-state index contributed by atoms with van der Waals surface area (Å²) in [6.07, 6.45) is 5.04. The van der Waals surface area contributed by atoms with E-state index in [-0.39, 0.29) is 18.1 Å². The van der Waals surface area contributed by atoms with Crippen LogP contribution in [0.1, 0.15) is 24.3 Å². The molecule has 1 fully saturated rings. The Kier molecular flexibility index (Phi) is 4.26. The van der Waals surface area contributed by atoms with Crippen LogP contribution in [0, 0.1) is 0 Å². The van der Waals surface area contributed by atoms with E-state index in [1.165, 1.54) is 6.20 Å². The molecule has 26 heavy (non-hydrogen) atoms. The summed E-state index contributed by atoms with van der Waals surface area (Å²) in [4.78, 5) is 23.1. The summed E-state index contributed by atoms with van der Waals surface area (Å²) in [5, 5.41) is 7.45. The third-order valence-corrected chi connectivity index (χ3v) is 4.24. The molecule has 0 bridgehead atoms. The summed E-state index contributed by atoms with van der Waals surface area (Å²) in [7, 11) is 0. The lowest BCUT2D eigenvalue weighted by atomic mass is 10.2. The molecule has 0 aliphatic carbocycles. The van der Waals surface area contributed by atoms with E-state index in [1.807, 2.05) is 26.0 Å². The highest BCUT2D eigenvalue weighted by atomic mass is 16.5. The van der Waals surface area contributed by atoms with E-state index >= 15 is 0 Å². The number of hydrogen-bond acceptors (Lipinski definition) is 6. The number of morpholine rings is 1. The van der Waals surface area contributed by atoms with E-state index in [1.54, 1.807) is 29.0 Å². The molecule has 1 aliphatic rings. The van der Waals surface area contributed by atoms with E-state index in [0.29, 0.717) is 17.0 Å². The smallest absolute Gasteiger partial charge is 0.276 e. The van der Waals surface area contributed by atoms with E-state index in [0.717, 1.165) is 18.9 Å². The number of pyridine rings is 1. The minimum atomic E-state index is -0.279. The number of anilines is 2. The number of imidazole rings is 1. The Bertz CT molecular complexity index is 916. The van der Waals surface area contributed by atoms with Crippen LogP contribution in [0.2, 0.25) is 0 Å². The first-order valence-electron chi connectivity index (χ1n) is 8.57. The summed E-state index contributed by atoms with van der Waals surface area (Å²) in [6, 6.07) is 7.34. The van der Waals surface area contributed by atoms with Crippen LogP contribution in [0.25, 0.3) is 5.65 Å². The number of nitrogens with one attached hydrogen (secondary N) is 1. The molecule has 134 valence electrons. The normalized spacial score (nSPS) is 20.3. The molecule has 4 heterocycles. The number of fused-ring (bicyclic) bond motifs is 1. The highest BCUT2D eigenvalue weighted by Crippen LogP contribution is 2.19. The summed E-state index contributed by atoms with van der Waals surface area (Å²) in [5.41, 5.74) is 1.62. The Morgan fingerprint density at radius 1 is 1.19 bits per heavy atom. The van der Waals surface area contributed by atoms with E-state index in [2.05, 4.69) is 25.3 Å². The van der Waals surface area contributed by atoms with Gasteiger partial charge in [0.15, 0.2) is 11.3 Å². The number of carbonyl (C=O) groups excluding carboxylic acids is 1. The van der Waals surface area contributed by atoms with Crippen LogP contribution in [0.15, 0.2) is 42.9 Å². The highest BCUT2D eigenvalue weighted by molar-refractivity contribution is 6.03. The minimum absolute atomic E-state index is 0.132. The minimum Gasteiger partial charge on any atom is -0.372 e. The lowest BCUT2D eigenvalue weighted by Gasteiger charge is -2.35. The van der Waals surface area contributed by atoms with Crippen LogP contribution in [0.3, 0.4) is 0 Å². The summed E-state index contributed by atoms with van der Waals surface area (Å²) >= 11 is 0. The van der Waals surface area contributed by atoms with E-state index in [9.17, 15) is 4.79 Å². The van der Waals surface area contributed by atoms with Gasteiger partial charge in [-0.15, -0.1) is 5.10 Å². The molecule has 4 rings (SSSR count). The largest absolute Gasteiger partial charge is 0.372 e. The molecule has 1 saturated heterocycles. The third kappa shape index (κ3) is 3.23. The molecule has 0 radical (unpaired) electrons. The van der Waals surface area contributed by atoms with Crippen LogP contribution in [-0.2, 0) is 4.74 Å². The summed E-state index contributed by atoms with van der Waals surface area (Å²) in [5.74, 6) is 0.520. The van der Waals surface area contributed by atoms with Gasteiger partial charge >= 0.3 is 0 Å². The first kappa shape index (κ1) is 16.5. The average molecular weight is 352 g/mol. The van der Waals surface area contributed by atoms with Crippen LogP contribution in [0.4, 0.5) is 11.5 Å². The van der Waals surface area contributed by atoms with Crippen molar-refractivity contribution in [1.29, 1.82) is 0 Å². The Hall–Kier alpha value is -3.00. The average Bonchev–Trinajstić information content (AvgIpc) is 3.05. The Morgan fingerprint density at radius 2 is 2.00 bits per heavy atom. The molecule has 8 nitrogen and oxygen atoms in total. The van der Waals surface area contributed by atoms with Gasteiger partial charge in [-0.3, -0.25) is 9.78 Å². The number of aromatic nitrogens is 4. The van der Waals surface area contributed by atoms with E-state index in [4.69, 9.17) is 4.74 Å². The zero-order chi connectivity index (χ0) is 18.1. The maximum atomic E-state index is 12.6. The molecular weight excluding hydrogens is 332 g/mol. The van der Waals surface area contributed by atoms with Crippen molar-refractivity contribution < 1.29 is 9.53 Å². The fourth-order valence-corrected chi connectivity index (χ4v) is 3.18. The second-order valence-electron chi connectivity index (χ2n) is 6.46. The van der Waals surface area contributed by atoms with Gasteiger partial charge in [-0.05, 0) is 38.1 Å². The standard InChI is InChI=1S/C18H20N6O2/c1-12-10-23(11-13(2)26-12)17-6-5-16-20-9-15(24(16)22-17)18(25)21-14-4-3-7-19-8-14/h3-9,12-13H,10-11H2,1-2H3,(H,21,25)/t12-,13+. The molecular formula is C18H20N6O2. The zero-order valence-corrected chi connectivity index (χ0v) is 14.7. The van der Waals surface area contributed by atoms with E-state index < -0.39 is 0 Å². The number of nitrogens with zero attached hydrogens (tertiary/aromatic N) is 5. The van der Waals surface area contributed by atoms with Gasteiger partial charge in [-0.25, -0.2) is 9.50 Å². The van der Waals surface area contributed by atoms with Crippen LogP contribution < -0.4 is 10.2 Å². The Balaban J connectivity index is 1.63. The number of ether oxygens (including phenoxy) is 1. The van der Waals surface area contributed by atoms with Gasteiger partial charge in [-0.2, -0.15) is 0 Å². The van der Waals surface area contributed by atoms with Gasteiger partial charge in [0.25, 0.3) is 5.91 Å². The molecule has 3 aromatic heterocycles. The second kappa shape index (κ2) is 6.72. The zero-order valence-electron chi connectivity index (χ0n) is 14.7. The van der Waals surface area contributed by atoms with Gasteiger partial charge in [0.05, 0.1) is 30.3 Å². The predicted octanol–water partition coefficient (Wildman–Crippen LogP) is 1.99. The van der Waals surface area contributed by atoms with Gasteiger partial charge in [0.1, 0.15) is 5.82 Å². The van der Waals surface area contributed by atoms with Crippen LogP contribution in [-0.4, -0.2) is 50.8 Å². The molecule has 8 heteroatoms. The van der Waals surface area contributed by atoms with Crippen molar-refractivity contribution in [3.8, 4) is 0 Å². The van der Waals surface area contributed by atoms with Crippen LogP contribution in [0.5, 0.6) is 0 Å². The number of rotatable bonds is 3. The van der Waals surface area contributed by atoms with Crippen molar-refractivity contribution in [3.63, 3.8) is 0 Å². The first-order chi connectivity index (χ1) is 12.6.